The summed E-state index contributed by atoms with van der Waals surface area (Å²) in [7, 11) is 0. The lowest BCUT2D eigenvalue weighted by molar-refractivity contribution is -0.142. The highest BCUT2D eigenvalue weighted by molar-refractivity contribution is 6.35. The average Bonchev–Trinajstić information content (AvgIpc) is 2.72. The molecule has 0 saturated heterocycles. The SMILES string of the molecule is CCN(C(=O)COC(=O)C=Cc1ccc(Cl)cc1Cl)c1cccc2ccccc12. The molecule has 3 aromatic rings. The molecule has 1 amide bonds. The summed E-state index contributed by atoms with van der Waals surface area (Å²) in [6.45, 7) is 1.99. The maximum absolute atomic E-state index is 12.7. The first kappa shape index (κ1) is 20.9. The molecule has 0 spiro atoms. The van der Waals surface area contributed by atoms with E-state index in [-0.39, 0.29) is 12.5 Å². The van der Waals surface area contributed by atoms with Gasteiger partial charge in [-0.15, -0.1) is 0 Å². The van der Waals surface area contributed by atoms with Crippen LogP contribution >= 0.6 is 23.2 Å². The minimum atomic E-state index is -0.627. The summed E-state index contributed by atoms with van der Waals surface area (Å²) in [6, 6.07) is 18.6. The van der Waals surface area contributed by atoms with Crippen molar-refractivity contribution in [3.8, 4) is 0 Å². The third kappa shape index (κ3) is 5.17. The number of carbonyl (C=O) groups excluding carboxylic acids is 2. The Morgan fingerprint density at radius 3 is 2.55 bits per heavy atom. The largest absolute Gasteiger partial charge is 0.452 e. The molecule has 148 valence electrons. The Bertz CT molecular complexity index is 1070. The standard InChI is InChI=1S/C23H19Cl2NO3/c1-2-26(21-9-5-7-16-6-3-4-8-19(16)21)22(27)15-29-23(28)13-11-17-10-12-18(24)14-20(17)25/h3-14H,2,15H2,1H3. The van der Waals surface area contributed by atoms with Crippen molar-refractivity contribution in [2.75, 3.05) is 18.1 Å². The number of hydrogen-bond acceptors (Lipinski definition) is 3. The Kier molecular flexibility index (Phi) is 6.91. The smallest absolute Gasteiger partial charge is 0.331 e. The summed E-state index contributed by atoms with van der Waals surface area (Å²) in [5.41, 5.74) is 1.42. The van der Waals surface area contributed by atoms with Crippen molar-refractivity contribution in [3.05, 3.63) is 82.3 Å². The van der Waals surface area contributed by atoms with Gasteiger partial charge in [0.15, 0.2) is 6.61 Å². The van der Waals surface area contributed by atoms with Gasteiger partial charge < -0.3 is 9.64 Å². The van der Waals surface area contributed by atoms with Gasteiger partial charge in [-0.1, -0.05) is 65.7 Å². The summed E-state index contributed by atoms with van der Waals surface area (Å²) in [5.74, 6) is -0.923. The fraction of sp³-hybridized carbons (Fsp3) is 0.130. The Morgan fingerprint density at radius 2 is 1.79 bits per heavy atom. The molecular formula is C23H19Cl2NO3. The van der Waals surface area contributed by atoms with Crippen molar-refractivity contribution in [2.45, 2.75) is 6.92 Å². The molecule has 0 fully saturated rings. The van der Waals surface area contributed by atoms with Crippen LogP contribution < -0.4 is 4.90 Å². The van der Waals surface area contributed by atoms with Gasteiger partial charge in [0, 0.05) is 28.1 Å². The molecule has 0 aliphatic heterocycles. The summed E-state index contributed by atoms with van der Waals surface area (Å²) in [5, 5.41) is 2.93. The van der Waals surface area contributed by atoms with Gasteiger partial charge in [0.05, 0.1) is 5.69 Å². The number of ether oxygens (including phenoxy) is 1. The predicted octanol–water partition coefficient (Wildman–Crippen LogP) is 5.76. The van der Waals surface area contributed by atoms with E-state index in [4.69, 9.17) is 27.9 Å². The van der Waals surface area contributed by atoms with Crippen LogP contribution in [0.25, 0.3) is 16.8 Å². The van der Waals surface area contributed by atoms with Crippen LogP contribution in [0.1, 0.15) is 12.5 Å². The first-order chi connectivity index (χ1) is 14.0. The zero-order valence-corrected chi connectivity index (χ0v) is 17.3. The van der Waals surface area contributed by atoms with Crippen LogP contribution in [-0.4, -0.2) is 25.0 Å². The Labute approximate surface area is 179 Å². The second-order valence-electron chi connectivity index (χ2n) is 6.24. The third-order valence-corrected chi connectivity index (χ3v) is 4.94. The van der Waals surface area contributed by atoms with Gasteiger partial charge in [0.25, 0.3) is 5.91 Å². The van der Waals surface area contributed by atoms with E-state index in [1.807, 2.05) is 49.4 Å². The number of rotatable bonds is 6. The second-order valence-corrected chi connectivity index (χ2v) is 7.09. The molecule has 0 saturated carbocycles. The molecule has 0 radical (unpaired) electrons. The van der Waals surface area contributed by atoms with Crippen molar-refractivity contribution < 1.29 is 14.3 Å². The maximum atomic E-state index is 12.7. The zero-order chi connectivity index (χ0) is 20.8. The molecule has 3 aromatic carbocycles. The number of fused-ring (bicyclic) bond motifs is 1. The van der Waals surface area contributed by atoms with Crippen molar-refractivity contribution in [1.29, 1.82) is 0 Å². The summed E-state index contributed by atoms with van der Waals surface area (Å²) < 4.78 is 5.12. The minimum absolute atomic E-state index is 0.296. The summed E-state index contributed by atoms with van der Waals surface area (Å²) in [6.07, 6.45) is 2.75. The fourth-order valence-corrected chi connectivity index (χ4v) is 3.45. The van der Waals surface area contributed by atoms with Gasteiger partial charge >= 0.3 is 5.97 Å². The van der Waals surface area contributed by atoms with Crippen LogP contribution in [0.2, 0.25) is 10.0 Å². The molecule has 0 atom stereocenters. The molecule has 6 heteroatoms. The number of benzene rings is 3. The highest BCUT2D eigenvalue weighted by atomic mass is 35.5. The van der Waals surface area contributed by atoms with Crippen LogP contribution in [0.5, 0.6) is 0 Å². The fourth-order valence-electron chi connectivity index (χ4n) is 2.98. The van der Waals surface area contributed by atoms with Crippen LogP contribution in [0.15, 0.2) is 66.7 Å². The lowest BCUT2D eigenvalue weighted by Crippen LogP contribution is -2.34. The van der Waals surface area contributed by atoms with Crippen molar-refractivity contribution >= 4 is 57.6 Å². The topological polar surface area (TPSA) is 46.6 Å². The van der Waals surface area contributed by atoms with Crippen LogP contribution in [0.4, 0.5) is 5.69 Å². The van der Waals surface area contributed by atoms with Crippen molar-refractivity contribution in [3.63, 3.8) is 0 Å². The lowest BCUT2D eigenvalue weighted by Gasteiger charge is -2.22. The van der Waals surface area contributed by atoms with E-state index in [1.165, 1.54) is 12.2 Å². The summed E-state index contributed by atoms with van der Waals surface area (Å²) >= 11 is 11.9. The van der Waals surface area contributed by atoms with Gasteiger partial charge in [-0.25, -0.2) is 4.79 Å². The molecule has 29 heavy (non-hydrogen) atoms. The first-order valence-corrected chi connectivity index (χ1v) is 9.83. The quantitative estimate of drug-likeness (QED) is 0.371. The summed E-state index contributed by atoms with van der Waals surface area (Å²) in [4.78, 5) is 26.3. The molecule has 0 aromatic heterocycles. The molecule has 0 aliphatic carbocycles. The number of esters is 1. The van der Waals surface area contributed by atoms with Gasteiger partial charge in [-0.2, -0.15) is 0 Å². The van der Waals surface area contributed by atoms with Gasteiger partial charge in [0.1, 0.15) is 0 Å². The molecular weight excluding hydrogens is 409 g/mol. The van der Waals surface area contributed by atoms with E-state index in [0.717, 1.165) is 16.5 Å². The normalized spacial score (nSPS) is 11.0. The maximum Gasteiger partial charge on any atom is 0.331 e. The van der Waals surface area contributed by atoms with Gasteiger partial charge in [-0.3, -0.25) is 4.79 Å². The third-order valence-electron chi connectivity index (χ3n) is 4.37. The van der Waals surface area contributed by atoms with E-state index in [1.54, 1.807) is 23.1 Å². The molecule has 0 aliphatic rings. The molecule has 3 rings (SSSR count). The number of nitrogens with zero attached hydrogens (tertiary/aromatic N) is 1. The molecule has 0 unspecified atom stereocenters. The minimum Gasteiger partial charge on any atom is -0.452 e. The molecule has 4 nitrogen and oxygen atoms in total. The number of amides is 1. The Morgan fingerprint density at radius 1 is 1.03 bits per heavy atom. The van der Waals surface area contributed by atoms with E-state index >= 15 is 0 Å². The van der Waals surface area contributed by atoms with E-state index in [0.29, 0.717) is 22.2 Å². The van der Waals surface area contributed by atoms with Crippen molar-refractivity contribution in [1.82, 2.24) is 0 Å². The van der Waals surface area contributed by atoms with Crippen molar-refractivity contribution in [2.24, 2.45) is 0 Å². The number of anilines is 1. The monoisotopic (exact) mass is 427 g/mol. The lowest BCUT2D eigenvalue weighted by atomic mass is 10.1. The highest BCUT2D eigenvalue weighted by Crippen LogP contribution is 2.27. The van der Waals surface area contributed by atoms with Crippen LogP contribution in [-0.2, 0) is 14.3 Å². The number of likely N-dealkylation sites (N-methyl/N-ethyl adjacent to an activating group) is 1. The molecule has 0 N–H and O–H groups in total. The first-order valence-electron chi connectivity index (χ1n) is 9.07. The van der Waals surface area contributed by atoms with Crippen LogP contribution in [0, 0.1) is 0 Å². The van der Waals surface area contributed by atoms with Gasteiger partial charge in [-0.05, 0) is 42.1 Å². The Hall–Kier alpha value is -2.82. The zero-order valence-electron chi connectivity index (χ0n) is 15.8. The van der Waals surface area contributed by atoms with Crippen LogP contribution in [0.3, 0.4) is 0 Å². The second kappa shape index (κ2) is 9.59. The molecule has 0 bridgehead atoms. The number of hydrogen-bond donors (Lipinski definition) is 0. The highest BCUT2D eigenvalue weighted by Gasteiger charge is 2.17. The predicted molar refractivity (Wildman–Crippen MR) is 118 cm³/mol. The van der Waals surface area contributed by atoms with E-state index in [2.05, 4.69) is 0 Å². The average molecular weight is 428 g/mol. The van der Waals surface area contributed by atoms with E-state index < -0.39 is 5.97 Å². The molecule has 0 heterocycles. The number of halogens is 2. The van der Waals surface area contributed by atoms with Gasteiger partial charge in [0.2, 0.25) is 0 Å². The number of carbonyl (C=O) groups is 2. The Balaban J connectivity index is 1.67. The van der Waals surface area contributed by atoms with E-state index in [9.17, 15) is 9.59 Å².